The van der Waals surface area contributed by atoms with E-state index in [9.17, 15) is 4.79 Å². The van der Waals surface area contributed by atoms with Gasteiger partial charge in [-0.3, -0.25) is 0 Å². The molecule has 0 bridgehead atoms. The second-order valence-electron chi connectivity index (χ2n) is 3.84. The lowest BCUT2D eigenvalue weighted by atomic mass is 10.1. The van der Waals surface area contributed by atoms with E-state index in [4.69, 9.17) is 0 Å². The van der Waals surface area contributed by atoms with Crippen molar-refractivity contribution in [3.8, 4) is 0 Å². The highest BCUT2D eigenvalue weighted by atomic mass is 16.2. The molecule has 0 atom stereocenters. The third kappa shape index (κ3) is 6.40. The van der Waals surface area contributed by atoms with Crippen LogP contribution < -0.4 is 10.6 Å². The van der Waals surface area contributed by atoms with Crippen LogP contribution in [0.2, 0.25) is 0 Å². The van der Waals surface area contributed by atoms with E-state index in [2.05, 4.69) is 34.9 Å². The second-order valence-corrected chi connectivity index (χ2v) is 3.84. The molecule has 0 unspecified atom stereocenters. The van der Waals surface area contributed by atoms with Crippen LogP contribution in [-0.4, -0.2) is 12.6 Å². The molecular formula is C14H20N2O. The first-order valence-electron chi connectivity index (χ1n) is 6.02. The number of hydrogen-bond donors (Lipinski definition) is 2. The molecule has 1 rings (SSSR count). The molecule has 1 aromatic carbocycles. The maximum absolute atomic E-state index is 11.2. The normalized spacial score (nSPS) is 10.4. The molecule has 0 aliphatic carbocycles. The van der Waals surface area contributed by atoms with Crippen molar-refractivity contribution in [2.75, 3.05) is 6.54 Å². The van der Waals surface area contributed by atoms with Gasteiger partial charge in [-0.25, -0.2) is 4.79 Å². The Balaban J connectivity index is 2.03. The summed E-state index contributed by atoms with van der Waals surface area (Å²) in [5.74, 6) is 0. The predicted octanol–water partition coefficient (Wildman–Crippen LogP) is 2.84. The van der Waals surface area contributed by atoms with Gasteiger partial charge in [-0.05, 0) is 31.7 Å². The summed E-state index contributed by atoms with van der Waals surface area (Å²) < 4.78 is 0. The number of carbonyl (C=O) groups is 1. The molecule has 2 amide bonds. The molecule has 2 N–H and O–H groups in total. The van der Waals surface area contributed by atoms with E-state index in [1.54, 1.807) is 12.3 Å². The van der Waals surface area contributed by atoms with Crippen LogP contribution in [-0.2, 0) is 6.42 Å². The number of urea groups is 1. The lowest BCUT2D eigenvalue weighted by molar-refractivity contribution is 0.244. The van der Waals surface area contributed by atoms with Crippen LogP contribution in [0.25, 0.3) is 0 Å². The second kappa shape index (κ2) is 8.39. The Bertz CT molecular complexity index is 346. The fraction of sp³-hybridized carbons (Fsp3) is 0.357. The molecule has 0 aromatic heterocycles. The van der Waals surface area contributed by atoms with Crippen molar-refractivity contribution in [3.63, 3.8) is 0 Å². The summed E-state index contributed by atoms with van der Waals surface area (Å²) in [5, 5.41) is 5.41. The minimum atomic E-state index is -0.136. The number of hydrogen-bond acceptors (Lipinski definition) is 1. The Morgan fingerprint density at radius 3 is 2.71 bits per heavy atom. The van der Waals surface area contributed by atoms with Gasteiger partial charge in [0, 0.05) is 12.7 Å². The van der Waals surface area contributed by atoms with Crippen molar-refractivity contribution in [3.05, 3.63) is 48.2 Å². The van der Waals surface area contributed by atoms with Crippen molar-refractivity contribution < 1.29 is 4.79 Å². The van der Waals surface area contributed by atoms with Gasteiger partial charge in [0.2, 0.25) is 0 Å². The van der Waals surface area contributed by atoms with Gasteiger partial charge in [0.15, 0.2) is 0 Å². The van der Waals surface area contributed by atoms with Gasteiger partial charge in [-0.15, -0.1) is 0 Å². The molecule has 0 saturated carbocycles. The van der Waals surface area contributed by atoms with Crippen molar-refractivity contribution >= 4 is 6.03 Å². The number of carbonyl (C=O) groups excluding carboxylic acids is 1. The first-order chi connectivity index (χ1) is 8.33. The summed E-state index contributed by atoms with van der Waals surface area (Å²) in [7, 11) is 0. The van der Waals surface area contributed by atoms with Gasteiger partial charge >= 0.3 is 6.03 Å². The maximum Gasteiger partial charge on any atom is 0.318 e. The molecule has 0 aliphatic rings. The van der Waals surface area contributed by atoms with Crippen LogP contribution in [0.15, 0.2) is 42.6 Å². The number of unbranched alkanes of at least 4 members (excludes halogenated alkanes) is 1. The number of nitrogens with one attached hydrogen (secondary N) is 2. The lowest BCUT2D eigenvalue weighted by Gasteiger charge is -2.04. The first kappa shape index (κ1) is 13.3. The largest absolute Gasteiger partial charge is 0.338 e. The molecule has 17 heavy (non-hydrogen) atoms. The standard InChI is InChI=1S/C14H20N2O/c1-2-11-15-14(17)16-12-7-6-10-13-8-4-3-5-9-13/h2-5,8-9,11H,6-7,10,12H2,1H3,(H2,15,16,17)/b11-2+. The number of benzene rings is 1. The fourth-order valence-corrected chi connectivity index (χ4v) is 1.51. The number of aryl methyl sites for hydroxylation is 1. The van der Waals surface area contributed by atoms with E-state index >= 15 is 0 Å². The lowest BCUT2D eigenvalue weighted by Crippen LogP contribution is -2.32. The van der Waals surface area contributed by atoms with Crippen LogP contribution in [0.5, 0.6) is 0 Å². The zero-order valence-corrected chi connectivity index (χ0v) is 10.3. The first-order valence-corrected chi connectivity index (χ1v) is 6.02. The highest BCUT2D eigenvalue weighted by Gasteiger charge is 1.96. The van der Waals surface area contributed by atoms with Crippen molar-refractivity contribution in [2.24, 2.45) is 0 Å². The Morgan fingerprint density at radius 1 is 1.24 bits per heavy atom. The number of amides is 2. The van der Waals surface area contributed by atoms with Gasteiger partial charge in [0.25, 0.3) is 0 Å². The summed E-state index contributed by atoms with van der Waals surface area (Å²) in [4.78, 5) is 11.2. The molecule has 1 aromatic rings. The Labute approximate surface area is 103 Å². The molecule has 3 heteroatoms. The van der Waals surface area contributed by atoms with E-state index in [-0.39, 0.29) is 6.03 Å². The van der Waals surface area contributed by atoms with Crippen LogP contribution in [0, 0.1) is 0 Å². The molecule has 92 valence electrons. The molecule has 0 aliphatic heterocycles. The Hall–Kier alpha value is -1.77. The van der Waals surface area contributed by atoms with E-state index in [0.29, 0.717) is 0 Å². The van der Waals surface area contributed by atoms with E-state index in [1.807, 2.05) is 13.0 Å². The summed E-state index contributed by atoms with van der Waals surface area (Å²) >= 11 is 0. The summed E-state index contributed by atoms with van der Waals surface area (Å²) in [5.41, 5.74) is 1.35. The molecule has 0 heterocycles. The van der Waals surface area contributed by atoms with Crippen LogP contribution in [0.3, 0.4) is 0 Å². The van der Waals surface area contributed by atoms with E-state index in [0.717, 1.165) is 25.8 Å². The topological polar surface area (TPSA) is 41.1 Å². The maximum atomic E-state index is 11.2. The molecule has 0 fully saturated rings. The number of rotatable bonds is 6. The quantitative estimate of drug-likeness (QED) is 0.727. The third-order valence-corrected chi connectivity index (χ3v) is 2.40. The van der Waals surface area contributed by atoms with Gasteiger partial charge in [0.05, 0.1) is 0 Å². The van der Waals surface area contributed by atoms with Gasteiger partial charge in [-0.1, -0.05) is 36.4 Å². The monoisotopic (exact) mass is 232 g/mol. The third-order valence-electron chi connectivity index (χ3n) is 2.40. The zero-order valence-electron chi connectivity index (χ0n) is 10.3. The van der Waals surface area contributed by atoms with Crippen molar-refractivity contribution in [2.45, 2.75) is 26.2 Å². The molecule has 0 radical (unpaired) electrons. The van der Waals surface area contributed by atoms with E-state index in [1.165, 1.54) is 5.56 Å². The molecule has 3 nitrogen and oxygen atoms in total. The summed E-state index contributed by atoms with van der Waals surface area (Å²) in [6, 6.07) is 10.3. The predicted molar refractivity (Wildman–Crippen MR) is 70.7 cm³/mol. The zero-order chi connectivity index (χ0) is 12.3. The Morgan fingerprint density at radius 2 is 2.00 bits per heavy atom. The van der Waals surface area contributed by atoms with Gasteiger partial charge in [0.1, 0.15) is 0 Å². The minimum Gasteiger partial charge on any atom is -0.338 e. The van der Waals surface area contributed by atoms with Crippen LogP contribution >= 0.6 is 0 Å². The van der Waals surface area contributed by atoms with Crippen molar-refractivity contribution in [1.29, 1.82) is 0 Å². The summed E-state index contributed by atoms with van der Waals surface area (Å²) in [6.45, 7) is 2.58. The highest BCUT2D eigenvalue weighted by molar-refractivity contribution is 5.74. The SMILES string of the molecule is C/C=C/NC(=O)NCCCCc1ccccc1. The fourth-order valence-electron chi connectivity index (χ4n) is 1.51. The minimum absolute atomic E-state index is 0.136. The molecule has 0 spiro atoms. The Kier molecular flexibility index (Phi) is 6.56. The number of allylic oxidation sites excluding steroid dienone is 1. The average Bonchev–Trinajstić information content (AvgIpc) is 2.37. The summed E-state index contributed by atoms with van der Waals surface area (Å²) in [6.07, 6.45) is 6.57. The van der Waals surface area contributed by atoms with Gasteiger partial charge < -0.3 is 10.6 Å². The molecular weight excluding hydrogens is 212 g/mol. The smallest absolute Gasteiger partial charge is 0.318 e. The average molecular weight is 232 g/mol. The van der Waals surface area contributed by atoms with Crippen molar-refractivity contribution in [1.82, 2.24) is 10.6 Å². The van der Waals surface area contributed by atoms with E-state index < -0.39 is 0 Å². The van der Waals surface area contributed by atoms with Gasteiger partial charge in [-0.2, -0.15) is 0 Å². The van der Waals surface area contributed by atoms with Crippen LogP contribution in [0.1, 0.15) is 25.3 Å². The molecule has 0 saturated heterocycles. The highest BCUT2D eigenvalue weighted by Crippen LogP contribution is 2.03. The van der Waals surface area contributed by atoms with Crippen LogP contribution in [0.4, 0.5) is 4.79 Å².